The average Bonchev–Trinajstić information content (AvgIpc) is 3.64. The number of nitrogens with zero attached hydrogens (tertiary/aromatic N) is 2. The Balaban J connectivity index is 1.20. The van der Waals surface area contributed by atoms with Crippen LogP contribution in [0.2, 0.25) is 5.02 Å². The van der Waals surface area contributed by atoms with E-state index in [2.05, 4.69) is 4.90 Å². The van der Waals surface area contributed by atoms with Crippen molar-refractivity contribution in [3.8, 4) is 5.75 Å². The highest BCUT2D eigenvalue weighted by Crippen LogP contribution is 2.45. The predicted octanol–water partition coefficient (Wildman–Crippen LogP) is 5.56. The van der Waals surface area contributed by atoms with Gasteiger partial charge in [0.05, 0.1) is 24.3 Å². The molecule has 2 aromatic rings. The summed E-state index contributed by atoms with van der Waals surface area (Å²) in [5.74, 6) is -0.880. The van der Waals surface area contributed by atoms with Crippen LogP contribution in [-0.2, 0) is 16.1 Å². The Morgan fingerprint density at radius 1 is 1.00 bits per heavy atom. The third-order valence-electron chi connectivity index (χ3n) is 7.91. The molecule has 0 spiro atoms. The molecule has 1 aliphatic carbocycles. The fourth-order valence-electron chi connectivity index (χ4n) is 5.53. The van der Waals surface area contributed by atoms with Gasteiger partial charge in [-0.15, -0.1) is 0 Å². The number of hydrogen-bond acceptors (Lipinski definition) is 5. The van der Waals surface area contributed by atoms with Crippen LogP contribution in [0.1, 0.15) is 65.9 Å². The van der Waals surface area contributed by atoms with E-state index in [1.165, 1.54) is 24.1 Å². The maximum absolute atomic E-state index is 15.2. The SMILES string of the molecule is COC(=O)[C@@H]1CCCN1C(=O)c1cc(C2CC2)c(OCC2CCN(Cc3ccc(Cl)c(F)c3)CC2)cc1F. The first kappa shape index (κ1) is 26.9. The van der Waals surface area contributed by atoms with Crippen molar-refractivity contribution in [3.63, 3.8) is 0 Å². The number of carbonyl (C=O) groups is 2. The van der Waals surface area contributed by atoms with Gasteiger partial charge in [-0.05, 0) is 92.8 Å². The minimum Gasteiger partial charge on any atom is -0.493 e. The highest BCUT2D eigenvalue weighted by molar-refractivity contribution is 6.30. The Morgan fingerprint density at radius 3 is 2.45 bits per heavy atom. The number of halogens is 3. The smallest absolute Gasteiger partial charge is 0.328 e. The first-order chi connectivity index (χ1) is 18.3. The first-order valence-electron chi connectivity index (χ1n) is 13.4. The molecule has 0 unspecified atom stereocenters. The molecule has 1 atom stereocenters. The molecule has 0 aromatic heterocycles. The van der Waals surface area contributed by atoms with E-state index < -0.39 is 29.6 Å². The van der Waals surface area contributed by atoms with Crippen LogP contribution in [0.25, 0.3) is 0 Å². The van der Waals surface area contributed by atoms with E-state index in [1.54, 1.807) is 12.1 Å². The van der Waals surface area contributed by atoms with Crippen LogP contribution < -0.4 is 4.74 Å². The summed E-state index contributed by atoms with van der Waals surface area (Å²) in [6.45, 7) is 3.29. The minimum absolute atomic E-state index is 0.0120. The highest BCUT2D eigenvalue weighted by atomic mass is 35.5. The van der Waals surface area contributed by atoms with Crippen molar-refractivity contribution >= 4 is 23.5 Å². The molecule has 38 heavy (non-hydrogen) atoms. The third kappa shape index (κ3) is 5.96. The van der Waals surface area contributed by atoms with Gasteiger partial charge >= 0.3 is 5.97 Å². The maximum Gasteiger partial charge on any atom is 0.328 e. The van der Waals surface area contributed by atoms with Crippen molar-refractivity contribution in [1.82, 2.24) is 9.80 Å². The predicted molar refractivity (Wildman–Crippen MR) is 139 cm³/mol. The molecule has 2 heterocycles. The Bertz CT molecular complexity index is 1200. The molecule has 2 aliphatic heterocycles. The number of carbonyl (C=O) groups excluding carboxylic acids is 2. The summed E-state index contributed by atoms with van der Waals surface area (Å²) in [6.07, 6.45) is 5.02. The van der Waals surface area contributed by atoms with Gasteiger partial charge in [-0.2, -0.15) is 0 Å². The number of methoxy groups -OCH3 is 1. The third-order valence-corrected chi connectivity index (χ3v) is 8.21. The topological polar surface area (TPSA) is 59.1 Å². The number of rotatable bonds is 8. The van der Waals surface area contributed by atoms with Crippen molar-refractivity contribution in [2.75, 3.05) is 33.4 Å². The molecule has 0 bridgehead atoms. The van der Waals surface area contributed by atoms with Crippen molar-refractivity contribution in [3.05, 3.63) is 63.7 Å². The molecule has 204 valence electrons. The zero-order valence-corrected chi connectivity index (χ0v) is 22.3. The summed E-state index contributed by atoms with van der Waals surface area (Å²) in [4.78, 5) is 29.0. The molecule has 3 fully saturated rings. The van der Waals surface area contributed by atoms with Crippen LogP contribution in [-0.4, -0.2) is 61.1 Å². The molecule has 1 amide bonds. The van der Waals surface area contributed by atoms with Crippen molar-refractivity contribution in [2.24, 2.45) is 5.92 Å². The van der Waals surface area contributed by atoms with E-state index in [4.69, 9.17) is 21.1 Å². The quantitative estimate of drug-likeness (QED) is 0.406. The van der Waals surface area contributed by atoms with Crippen LogP contribution in [0.4, 0.5) is 8.78 Å². The number of benzene rings is 2. The van der Waals surface area contributed by atoms with Crippen LogP contribution in [0, 0.1) is 17.6 Å². The number of likely N-dealkylation sites (tertiary alicyclic amines) is 2. The molecule has 3 aliphatic rings. The van der Waals surface area contributed by atoms with Gasteiger partial charge in [0, 0.05) is 19.2 Å². The Morgan fingerprint density at radius 2 is 1.76 bits per heavy atom. The van der Waals surface area contributed by atoms with E-state index in [0.717, 1.165) is 49.9 Å². The summed E-state index contributed by atoms with van der Waals surface area (Å²) < 4.78 is 40.0. The molecule has 6 nitrogen and oxygen atoms in total. The van der Waals surface area contributed by atoms with E-state index in [0.29, 0.717) is 44.2 Å². The summed E-state index contributed by atoms with van der Waals surface area (Å²) in [5.41, 5.74) is 1.75. The Kier molecular flexibility index (Phi) is 8.19. The fraction of sp³-hybridized carbons (Fsp3) is 0.517. The van der Waals surface area contributed by atoms with Crippen LogP contribution >= 0.6 is 11.6 Å². The van der Waals surface area contributed by atoms with Crippen molar-refractivity contribution in [1.29, 1.82) is 0 Å². The van der Waals surface area contributed by atoms with Crippen molar-refractivity contribution in [2.45, 2.75) is 57.0 Å². The van der Waals surface area contributed by atoms with E-state index in [9.17, 15) is 14.0 Å². The second kappa shape index (κ2) is 11.6. The van der Waals surface area contributed by atoms with E-state index in [-0.39, 0.29) is 16.5 Å². The van der Waals surface area contributed by atoms with Gasteiger partial charge in [0.15, 0.2) is 0 Å². The second-order valence-corrected chi connectivity index (χ2v) is 11.0. The lowest BCUT2D eigenvalue weighted by Crippen LogP contribution is -2.41. The molecular weight excluding hydrogens is 514 g/mol. The number of piperidine rings is 1. The lowest BCUT2D eigenvalue weighted by Gasteiger charge is -2.32. The first-order valence-corrected chi connectivity index (χ1v) is 13.7. The van der Waals surface area contributed by atoms with Gasteiger partial charge in [-0.25, -0.2) is 13.6 Å². The lowest BCUT2D eigenvalue weighted by atomic mass is 9.97. The van der Waals surface area contributed by atoms with Crippen molar-refractivity contribution < 1.29 is 27.8 Å². The fourth-order valence-corrected chi connectivity index (χ4v) is 5.65. The summed E-state index contributed by atoms with van der Waals surface area (Å²) in [6, 6.07) is 7.23. The van der Waals surface area contributed by atoms with E-state index >= 15 is 4.39 Å². The largest absolute Gasteiger partial charge is 0.493 e. The standard InChI is InChI=1S/C29H33ClF2N2O4/c1-37-29(36)26-3-2-10-34(26)28(35)22-14-21(20-5-6-20)27(15-24(22)31)38-17-18-8-11-33(12-9-18)16-19-4-7-23(30)25(32)13-19/h4,7,13-15,18,20,26H,2-3,5-6,8-12,16-17H2,1H3/t26-/m0/s1. The zero-order valence-electron chi connectivity index (χ0n) is 21.6. The summed E-state index contributed by atoms with van der Waals surface area (Å²) in [7, 11) is 1.30. The second-order valence-electron chi connectivity index (χ2n) is 10.6. The summed E-state index contributed by atoms with van der Waals surface area (Å²) in [5, 5.41) is 0.130. The molecule has 9 heteroatoms. The molecular formula is C29H33ClF2N2O4. The van der Waals surface area contributed by atoms with Crippen LogP contribution in [0.3, 0.4) is 0 Å². The molecule has 2 saturated heterocycles. The lowest BCUT2D eigenvalue weighted by molar-refractivity contribution is -0.145. The highest BCUT2D eigenvalue weighted by Gasteiger charge is 2.37. The number of hydrogen-bond donors (Lipinski definition) is 0. The number of amides is 1. The van der Waals surface area contributed by atoms with Crippen LogP contribution in [0.5, 0.6) is 5.75 Å². The number of ether oxygens (including phenoxy) is 2. The van der Waals surface area contributed by atoms with Gasteiger partial charge < -0.3 is 14.4 Å². The van der Waals surface area contributed by atoms with Gasteiger partial charge in [0.2, 0.25) is 0 Å². The Hall–Kier alpha value is -2.71. The minimum atomic E-state index is -0.670. The molecule has 2 aromatic carbocycles. The maximum atomic E-state index is 15.2. The molecule has 1 saturated carbocycles. The number of esters is 1. The van der Waals surface area contributed by atoms with Crippen LogP contribution in [0.15, 0.2) is 30.3 Å². The Labute approximate surface area is 226 Å². The van der Waals surface area contributed by atoms with E-state index in [1.807, 2.05) is 6.07 Å². The normalized spacial score (nSPS) is 20.5. The monoisotopic (exact) mass is 546 g/mol. The zero-order chi connectivity index (χ0) is 26.8. The van der Waals surface area contributed by atoms with Gasteiger partial charge in [0.25, 0.3) is 5.91 Å². The average molecular weight is 547 g/mol. The molecule has 0 radical (unpaired) electrons. The van der Waals surface area contributed by atoms with Gasteiger partial charge in [0.1, 0.15) is 23.4 Å². The molecule has 0 N–H and O–H groups in total. The molecule has 5 rings (SSSR count). The van der Waals surface area contributed by atoms with Gasteiger partial charge in [-0.3, -0.25) is 9.69 Å². The van der Waals surface area contributed by atoms with Gasteiger partial charge in [-0.1, -0.05) is 17.7 Å². The summed E-state index contributed by atoms with van der Waals surface area (Å²) >= 11 is 5.79.